The third kappa shape index (κ3) is 1.81. The van der Waals surface area contributed by atoms with Gasteiger partial charge in [-0.05, 0) is 19.8 Å². The summed E-state index contributed by atoms with van der Waals surface area (Å²) < 4.78 is 47.4. The number of alkyl halides is 3. The van der Waals surface area contributed by atoms with Crippen molar-refractivity contribution in [3.63, 3.8) is 0 Å². The molecule has 0 N–H and O–H groups in total. The van der Waals surface area contributed by atoms with E-state index in [1.165, 1.54) is 0 Å². The number of ether oxygens (including phenoxy) is 2. The van der Waals surface area contributed by atoms with Crippen molar-refractivity contribution in [2.24, 2.45) is 23.7 Å². The third-order valence-corrected chi connectivity index (χ3v) is 4.51. The smallest absolute Gasteiger partial charge is 0.401 e. The van der Waals surface area contributed by atoms with Crippen molar-refractivity contribution in [3.05, 3.63) is 0 Å². The van der Waals surface area contributed by atoms with Crippen LogP contribution in [0.2, 0.25) is 0 Å². The highest BCUT2D eigenvalue weighted by atomic mass is 19.4. The van der Waals surface area contributed by atoms with Gasteiger partial charge in [-0.3, -0.25) is 9.59 Å². The molecule has 1 saturated heterocycles. The Kier molecular flexibility index (Phi) is 2.59. The van der Waals surface area contributed by atoms with Gasteiger partial charge in [0, 0.05) is 11.8 Å². The summed E-state index contributed by atoms with van der Waals surface area (Å²) in [6.07, 6.45) is -4.60. The highest BCUT2D eigenvalue weighted by molar-refractivity contribution is 5.77. The third-order valence-electron chi connectivity index (χ3n) is 4.51. The van der Waals surface area contributed by atoms with Gasteiger partial charge in [0.05, 0.1) is 5.92 Å². The summed E-state index contributed by atoms with van der Waals surface area (Å²) in [5.41, 5.74) is 0. The Hall–Kier alpha value is -1.27. The van der Waals surface area contributed by atoms with Gasteiger partial charge in [-0.15, -0.1) is 0 Å². The van der Waals surface area contributed by atoms with E-state index < -0.39 is 30.3 Å². The maximum Gasteiger partial charge on any atom is 0.401 e. The fraction of sp³-hybridized carbons (Fsp3) is 0.833. The molecule has 6 unspecified atom stereocenters. The van der Waals surface area contributed by atoms with Gasteiger partial charge < -0.3 is 9.47 Å². The number of esters is 2. The van der Waals surface area contributed by atoms with Crippen LogP contribution in [0.1, 0.15) is 19.8 Å². The van der Waals surface area contributed by atoms with Gasteiger partial charge in [-0.25, -0.2) is 0 Å². The molecule has 6 atom stereocenters. The lowest BCUT2D eigenvalue weighted by atomic mass is 9.88. The molecule has 2 saturated carbocycles. The summed E-state index contributed by atoms with van der Waals surface area (Å²) >= 11 is 0. The molecule has 0 aromatic carbocycles. The van der Waals surface area contributed by atoms with E-state index in [1.807, 2.05) is 0 Å². The van der Waals surface area contributed by atoms with Crippen LogP contribution in [0.15, 0.2) is 0 Å². The molecule has 3 aliphatic rings. The minimum atomic E-state index is -4.61. The van der Waals surface area contributed by atoms with Crippen LogP contribution in [0.25, 0.3) is 0 Å². The molecule has 19 heavy (non-hydrogen) atoms. The number of rotatable bonds is 2. The zero-order valence-corrected chi connectivity index (χ0v) is 10.1. The second kappa shape index (κ2) is 3.86. The Balaban J connectivity index is 1.69. The zero-order chi connectivity index (χ0) is 13.9. The Labute approximate surface area is 107 Å². The average molecular weight is 278 g/mol. The molecule has 2 aliphatic carbocycles. The van der Waals surface area contributed by atoms with Crippen molar-refractivity contribution in [1.82, 2.24) is 0 Å². The topological polar surface area (TPSA) is 52.6 Å². The monoisotopic (exact) mass is 278 g/mol. The lowest BCUT2D eigenvalue weighted by molar-refractivity contribution is -0.202. The lowest BCUT2D eigenvalue weighted by Crippen LogP contribution is -2.39. The largest absolute Gasteiger partial charge is 0.458 e. The molecule has 0 aromatic rings. The molecule has 106 valence electrons. The first-order chi connectivity index (χ1) is 8.79. The molecule has 0 aromatic heterocycles. The fourth-order valence-electron chi connectivity index (χ4n) is 3.43. The summed E-state index contributed by atoms with van der Waals surface area (Å²) in [5, 5.41) is 0. The van der Waals surface area contributed by atoms with Crippen LogP contribution in [-0.2, 0) is 19.1 Å². The number of carbonyl (C=O) groups is 2. The molecule has 2 bridgehead atoms. The number of hydrogen-bond acceptors (Lipinski definition) is 4. The minimum absolute atomic E-state index is 0.0106. The van der Waals surface area contributed by atoms with Crippen LogP contribution in [0, 0.1) is 23.7 Å². The Morgan fingerprint density at radius 1 is 1.42 bits per heavy atom. The SMILES string of the molecule is CC(C(=O)OC1C2CC3C(=O)OC1C3C2)C(F)(F)F. The van der Waals surface area contributed by atoms with Crippen molar-refractivity contribution in [2.75, 3.05) is 0 Å². The van der Waals surface area contributed by atoms with Crippen molar-refractivity contribution in [1.29, 1.82) is 0 Å². The highest BCUT2D eigenvalue weighted by Crippen LogP contribution is 2.55. The maximum absolute atomic E-state index is 12.4. The van der Waals surface area contributed by atoms with Crippen LogP contribution in [-0.4, -0.2) is 30.3 Å². The Bertz CT molecular complexity index is 433. The highest BCUT2D eigenvalue weighted by Gasteiger charge is 2.63. The number of carbonyl (C=O) groups excluding carboxylic acids is 2. The fourth-order valence-corrected chi connectivity index (χ4v) is 3.43. The molecular weight excluding hydrogens is 265 g/mol. The minimum Gasteiger partial charge on any atom is -0.458 e. The molecule has 1 aliphatic heterocycles. The quantitative estimate of drug-likeness (QED) is 0.721. The Morgan fingerprint density at radius 3 is 2.74 bits per heavy atom. The van der Waals surface area contributed by atoms with Crippen molar-refractivity contribution < 1.29 is 32.2 Å². The van der Waals surface area contributed by atoms with E-state index in [0.29, 0.717) is 12.8 Å². The van der Waals surface area contributed by atoms with Gasteiger partial charge in [0.15, 0.2) is 0 Å². The summed E-state index contributed by atoms with van der Waals surface area (Å²) in [7, 11) is 0. The number of halogens is 3. The van der Waals surface area contributed by atoms with Crippen molar-refractivity contribution >= 4 is 11.9 Å². The summed E-state index contributed by atoms with van der Waals surface area (Å²) in [6, 6.07) is 0. The Morgan fingerprint density at radius 2 is 2.11 bits per heavy atom. The lowest BCUT2D eigenvalue weighted by Gasteiger charge is -2.26. The molecule has 7 heteroatoms. The number of fused-ring (bicyclic) bond motifs is 1. The van der Waals surface area contributed by atoms with Gasteiger partial charge in [0.2, 0.25) is 0 Å². The van der Waals surface area contributed by atoms with E-state index in [-0.39, 0.29) is 23.7 Å². The van der Waals surface area contributed by atoms with Crippen LogP contribution in [0.4, 0.5) is 13.2 Å². The van der Waals surface area contributed by atoms with Crippen LogP contribution >= 0.6 is 0 Å². The zero-order valence-electron chi connectivity index (χ0n) is 10.1. The number of hydrogen-bond donors (Lipinski definition) is 0. The van der Waals surface area contributed by atoms with E-state index in [0.717, 1.165) is 6.92 Å². The summed E-state index contributed by atoms with van der Waals surface area (Å²) in [4.78, 5) is 23.0. The molecule has 0 spiro atoms. The molecule has 4 nitrogen and oxygen atoms in total. The first kappa shape index (κ1) is 12.7. The molecule has 0 amide bonds. The van der Waals surface area contributed by atoms with Gasteiger partial charge in [0.1, 0.15) is 18.1 Å². The van der Waals surface area contributed by atoms with E-state index in [9.17, 15) is 22.8 Å². The normalized spacial score (nSPS) is 41.3. The predicted octanol–water partition coefficient (Wildman–Crippen LogP) is 1.68. The average Bonchev–Trinajstić information content (AvgIpc) is 2.91. The van der Waals surface area contributed by atoms with Gasteiger partial charge in [-0.1, -0.05) is 0 Å². The molecule has 3 rings (SSSR count). The predicted molar refractivity (Wildman–Crippen MR) is 54.7 cm³/mol. The van der Waals surface area contributed by atoms with E-state index >= 15 is 0 Å². The van der Waals surface area contributed by atoms with Gasteiger partial charge in [0.25, 0.3) is 0 Å². The molecular formula is C12H13F3O4. The summed E-state index contributed by atoms with van der Waals surface area (Å²) in [5.74, 6) is -3.93. The summed E-state index contributed by atoms with van der Waals surface area (Å²) in [6.45, 7) is 0.777. The van der Waals surface area contributed by atoms with Crippen molar-refractivity contribution in [3.8, 4) is 0 Å². The van der Waals surface area contributed by atoms with Gasteiger partial charge in [-0.2, -0.15) is 13.2 Å². The first-order valence-corrected chi connectivity index (χ1v) is 6.26. The molecule has 1 heterocycles. The first-order valence-electron chi connectivity index (χ1n) is 6.26. The second-order valence-corrected chi connectivity index (χ2v) is 5.57. The van der Waals surface area contributed by atoms with E-state index in [4.69, 9.17) is 9.47 Å². The van der Waals surface area contributed by atoms with E-state index in [2.05, 4.69) is 0 Å². The standard InChI is InChI=1S/C12H13F3O4/c1-4(12(13,14)15)10(16)18-8-5-2-6-7(3-5)11(17)19-9(6)8/h4-9H,2-3H2,1H3. The second-order valence-electron chi connectivity index (χ2n) is 5.57. The van der Waals surface area contributed by atoms with Crippen LogP contribution < -0.4 is 0 Å². The molecule has 0 radical (unpaired) electrons. The molecule has 3 fully saturated rings. The van der Waals surface area contributed by atoms with E-state index in [1.54, 1.807) is 0 Å². The van der Waals surface area contributed by atoms with Gasteiger partial charge >= 0.3 is 18.1 Å². The van der Waals surface area contributed by atoms with Crippen molar-refractivity contribution in [2.45, 2.75) is 38.1 Å². The maximum atomic E-state index is 12.4. The van der Waals surface area contributed by atoms with Crippen LogP contribution in [0.3, 0.4) is 0 Å². The van der Waals surface area contributed by atoms with Crippen LogP contribution in [0.5, 0.6) is 0 Å².